The van der Waals surface area contributed by atoms with Gasteiger partial charge in [-0.1, -0.05) is 41.6 Å². The van der Waals surface area contributed by atoms with Crippen LogP contribution in [-0.4, -0.2) is 35.4 Å². The number of carbonyl (C=O) groups is 1. The first kappa shape index (κ1) is 23.0. The number of halogens is 2. The number of carbonyl (C=O) groups excluding carboxylic acids is 1. The van der Waals surface area contributed by atoms with Crippen molar-refractivity contribution in [3.8, 4) is 11.3 Å². The highest BCUT2D eigenvalue weighted by molar-refractivity contribution is 7.99. The average Bonchev–Trinajstić information content (AvgIpc) is 3.16. The first-order valence-corrected chi connectivity index (χ1v) is 11.9. The van der Waals surface area contributed by atoms with Gasteiger partial charge in [0.15, 0.2) is 5.16 Å². The normalized spacial score (nSPS) is 11.6. The molecule has 0 aliphatic carbocycles. The van der Waals surface area contributed by atoms with Crippen molar-refractivity contribution in [3.63, 3.8) is 0 Å². The Balaban J connectivity index is 1.64. The molecule has 1 amide bonds. The van der Waals surface area contributed by atoms with Crippen LogP contribution < -0.4 is 5.32 Å². The summed E-state index contributed by atoms with van der Waals surface area (Å²) in [5.41, 5.74) is 3.48. The third-order valence-corrected chi connectivity index (χ3v) is 6.90. The molecule has 0 bridgehead atoms. The van der Waals surface area contributed by atoms with Crippen LogP contribution in [0.5, 0.6) is 0 Å². The summed E-state index contributed by atoms with van der Waals surface area (Å²) in [4.78, 5) is 16.2. The van der Waals surface area contributed by atoms with Gasteiger partial charge in [-0.05, 0) is 43.7 Å². The summed E-state index contributed by atoms with van der Waals surface area (Å²) >= 11 is 1.27. The van der Waals surface area contributed by atoms with Crippen LogP contribution in [0.15, 0.2) is 64.8 Å². The minimum atomic E-state index is -4.66. The number of aryl methyl sites for hydroxylation is 1. The van der Waals surface area contributed by atoms with Gasteiger partial charge in [-0.2, -0.15) is 8.78 Å². The molecule has 2 aromatic carbocycles. The number of imidazole rings is 1. The van der Waals surface area contributed by atoms with Gasteiger partial charge in [-0.3, -0.25) is 4.79 Å². The lowest BCUT2D eigenvalue weighted by Gasteiger charge is -2.10. The smallest absolute Gasteiger partial charge is 0.325 e. The molecular formula is C21H21F2N3O3S2. The molecule has 0 aliphatic heterocycles. The van der Waals surface area contributed by atoms with Gasteiger partial charge in [0, 0.05) is 12.2 Å². The van der Waals surface area contributed by atoms with Crippen molar-refractivity contribution in [2.75, 3.05) is 11.1 Å². The van der Waals surface area contributed by atoms with E-state index in [1.54, 1.807) is 6.20 Å². The van der Waals surface area contributed by atoms with E-state index in [1.807, 2.05) is 42.7 Å². The van der Waals surface area contributed by atoms with Crippen LogP contribution in [0.25, 0.3) is 11.3 Å². The number of benzene rings is 2. The van der Waals surface area contributed by atoms with E-state index < -0.39 is 20.5 Å². The highest BCUT2D eigenvalue weighted by atomic mass is 32.2. The zero-order valence-electron chi connectivity index (χ0n) is 16.9. The second-order valence-corrected chi connectivity index (χ2v) is 9.56. The van der Waals surface area contributed by atoms with Crippen LogP contribution in [0.3, 0.4) is 0 Å². The molecule has 0 radical (unpaired) electrons. The largest absolute Gasteiger partial charge is 0.341 e. The van der Waals surface area contributed by atoms with Crippen molar-refractivity contribution in [2.24, 2.45) is 0 Å². The summed E-state index contributed by atoms with van der Waals surface area (Å²) in [6, 6.07) is 12.8. The van der Waals surface area contributed by atoms with Crippen LogP contribution in [-0.2, 0) is 21.2 Å². The lowest BCUT2D eigenvalue weighted by atomic mass is 10.1. The highest BCUT2D eigenvalue weighted by Gasteiger charge is 2.26. The number of rotatable bonds is 8. The fraction of sp³-hybridized carbons (Fsp3) is 0.238. The van der Waals surface area contributed by atoms with Gasteiger partial charge in [0.05, 0.1) is 22.5 Å². The Bertz CT molecular complexity index is 1160. The van der Waals surface area contributed by atoms with E-state index in [9.17, 15) is 22.0 Å². The summed E-state index contributed by atoms with van der Waals surface area (Å²) in [5, 5.41) is 3.32. The lowest BCUT2D eigenvalue weighted by Crippen LogP contribution is -2.15. The maximum absolute atomic E-state index is 12.6. The number of thioether (sulfide) groups is 1. The van der Waals surface area contributed by atoms with E-state index in [0.717, 1.165) is 29.0 Å². The molecule has 164 valence electrons. The molecule has 0 aliphatic rings. The molecule has 0 unspecified atom stereocenters. The molecule has 10 heteroatoms. The summed E-state index contributed by atoms with van der Waals surface area (Å²) in [6.07, 6.45) is 1.77. The van der Waals surface area contributed by atoms with E-state index in [1.165, 1.54) is 23.9 Å². The third-order valence-electron chi connectivity index (χ3n) is 4.52. The zero-order valence-corrected chi connectivity index (χ0v) is 18.5. The number of anilines is 1. The lowest BCUT2D eigenvalue weighted by molar-refractivity contribution is -0.113. The monoisotopic (exact) mass is 465 g/mol. The molecule has 1 heterocycles. The van der Waals surface area contributed by atoms with Gasteiger partial charge < -0.3 is 9.88 Å². The van der Waals surface area contributed by atoms with Gasteiger partial charge in [0.2, 0.25) is 15.7 Å². The Morgan fingerprint density at radius 2 is 1.77 bits per heavy atom. The summed E-state index contributed by atoms with van der Waals surface area (Å²) in [5.74, 6) is -3.73. The minimum Gasteiger partial charge on any atom is -0.325 e. The summed E-state index contributed by atoms with van der Waals surface area (Å²) in [6.45, 7) is 4.71. The molecule has 1 aromatic heterocycles. The first-order valence-electron chi connectivity index (χ1n) is 9.39. The predicted octanol–water partition coefficient (Wildman–Crippen LogP) is 4.61. The second kappa shape index (κ2) is 9.61. The molecule has 0 spiro atoms. The van der Waals surface area contributed by atoms with Gasteiger partial charge in [0.25, 0.3) is 0 Å². The molecule has 1 N–H and O–H groups in total. The van der Waals surface area contributed by atoms with Crippen LogP contribution in [0.2, 0.25) is 0 Å². The number of hydrogen-bond acceptors (Lipinski definition) is 5. The number of nitrogens with one attached hydrogen (secondary N) is 1. The van der Waals surface area contributed by atoms with E-state index in [-0.39, 0.29) is 11.7 Å². The van der Waals surface area contributed by atoms with Crippen LogP contribution in [0.1, 0.15) is 12.5 Å². The SMILES string of the molecule is CCn1c(-c2ccc(C)cc2)cnc1SCC(=O)Nc1ccc(S(=O)(=O)C(F)F)cc1. The van der Waals surface area contributed by atoms with Crippen LogP contribution in [0, 0.1) is 6.92 Å². The fourth-order valence-corrected chi connectivity index (χ4v) is 4.46. The number of hydrogen-bond donors (Lipinski definition) is 1. The van der Waals surface area contributed by atoms with E-state index >= 15 is 0 Å². The Kier molecular flexibility index (Phi) is 7.11. The Hall–Kier alpha value is -2.72. The van der Waals surface area contributed by atoms with Crippen molar-refractivity contribution < 1.29 is 22.0 Å². The second-order valence-electron chi connectivity index (χ2n) is 6.70. The quantitative estimate of drug-likeness (QED) is 0.492. The average molecular weight is 466 g/mol. The van der Waals surface area contributed by atoms with Crippen molar-refractivity contribution in [3.05, 3.63) is 60.3 Å². The minimum absolute atomic E-state index is 0.0848. The number of sulfone groups is 1. The standard InChI is InChI=1S/C21H21F2N3O3S2/c1-3-26-18(15-6-4-14(2)5-7-15)12-24-21(26)30-13-19(27)25-16-8-10-17(11-9-16)31(28,29)20(22)23/h4-12,20H,3,13H2,1-2H3,(H,25,27). The molecule has 31 heavy (non-hydrogen) atoms. The molecule has 3 rings (SSSR count). The van der Waals surface area contributed by atoms with Gasteiger partial charge >= 0.3 is 5.76 Å². The third kappa shape index (κ3) is 5.31. The highest BCUT2D eigenvalue weighted by Crippen LogP contribution is 2.27. The van der Waals surface area contributed by atoms with Gasteiger partial charge in [0.1, 0.15) is 0 Å². The zero-order chi connectivity index (χ0) is 22.6. The topological polar surface area (TPSA) is 81.1 Å². The molecule has 3 aromatic rings. The molecule has 0 saturated carbocycles. The van der Waals surface area contributed by atoms with Crippen molar-refractivity contribution in [1.82, 2.24) is 9.55 Å². The maximum atomic E-state index is 12.6. The maximum Gasteiger partial charge on any atom is 0.341 e. The van der Waals surface area contributed by atoms with Gasteiger partial charge in [-0.25, -0.2) is 13.4 Å². The predicted molar refractivity (Wildman–Crippen MR) is 117 cm³/mol. The Morgan fingerprint density at radius 1 is 1.13 bits per heavy atom. The number of aromatic nitrogens is 2. The summed E-state index contributed by atoms with van der Waals surface area (Å²) < 4.78 is 50.1. The fourth-order valence-electron chi connectivity index (χ4n) is 2.89. The Morgan fingerprint density at radius 3 is 2.35 bits per heavy atom. The van der Waals surface area contributed by atoms with E-state index in [2.05, 4.69) is 10.3 Å². The molecular weight excluding hydrogens is 444 g/mol. The number of amides is 1. The number of alkyl halides is 2. The molecule has 0 fully saturated rings. The molecule has 6 nitrogen and oxygen atoms in total. The van der Waals surface area contributed by atoms with Crippen molar-refractivity contribution in [1.29, 1.82) is 0 Å². The van der Waals surface area contributed by atoms with Crippen LogP contribution in [0.4, 0.5) is 14.5 Å². The molecule has 0 atom stereocenters. The van der Waals surface area contributed by atoms with E-state index in [0.29, 0.717) is 17.4 Å². The molecule has 0 saturated heterocycles. The van der Waals surface area contributed by atoms with Crippen LogP contribution >= 0.6 is 11.8 Å². The number of nitrogens with zero attached hydrogens (tertiary/aromatic N) is 2. The summed E-state index contributed by atoms with van der Waals surface area (Å²) in [7, 11) is -4.66. The Labute approximate surface area is 183 Å². The van der Waals surface area contributed by atoms with E-state index in [4.69, 9.17) is 0 Å². The van der Waals surface area contributed by atoms with Gasteiger partial charge in [-0.15, -0.1) is 0 Å². The van der Waals surface area contributed by atoms with Crippen molar-refractivity contribution in [2.45, 2.75) is 36.2 Å². The van der Waals surface area contributed by atoms with Crippen molar-refractivity contribution >= 4 is 33.2 Å². The first-order chi connectivity index (χ1) is 14.7.